The topological polar surface area (TPSA) is 68.9 Å². The summed E-state index contributed by atoms with van der Waals surface area (Å²) in [5.41, 5.74) is 9.07. The molecule has 0 fully saturated rings. The Balaban J connectivity index is 1.86. The van der Waals surface area contributed by atoms with Crippen molar-refractivity contribution < 1.29 is 9.47 Å². The van der Waals surface area contributed by atoms with Gasteiger partial charge in [-0.3, -0.25) is 4.99 Å². The van der Waals surface area contributed by atoms with Crippen molar-refractivity contribution in [3.8, 4) is 18.1 Å². The van der Waals surface area contributed by atoms with Gasteiger partial charge in [0.2, 0.25) is 0 Å². The summed E-state index contributed by atoms with van der Waals surface area (Å²) in [4.78, 5) is 4.37. The maximum Gasteiger partial charge on any atom is 0.193 e. The predicted molar refractivity (Wildman–Crippen MR) is 102 cm³/mol. The van der Waals surface area contributed by atoms with E-state index in [1.807, 2.05) is 48.5 Å². The van der Waals surface area contributed by atoms with E-state index in [0.29, 0.717) is 19.1 Å². The predicted octanol–water partition coefficient (Wildman–Crippen LogP) is 2.81. The molecular formula is C20H23N3O2. The van der Waals surface area contributed by atoms with Crippen LogP contribution in [0.1, 0.15) is 11.1 Å². The molecule has 2 rings (SSSR count). The van der Waals surface area contributed by atoms with Crippen molar-refractivity contribution in [2.75, 3.05) is 25.6 Å². The van der Waals surface area contributed by atoms with Gasteiger partial charge in [0, 0.05) is 24.9 Å². The fourth-order valence-corrected chi connectivity index (χ4v) is 2.28. The molecule has 0 saturated carbocycles. The number of nitrogens with one attached hydrogen (secondary N) is 1. The van der Waals surface area contributed by atoms with Crippen LogP contribution in [0.25, 0.3) is 0 Å². The Morgan fingerprint density at radius 3 is 2.68 bits per heavy atom. The van der Waals surface area contributed by atoms with Crippen LogP contribution in [0.2, 0.25) is 0 Å². The number of aliphatic imine (C=N–C) groups is 1. The van der Waals surface area contributed by atoms with Crippen LogP contribution in [0.15, 0.2) is 53.5 Å². The number of anilines is 1. The van der Waals surface area contributed by atoms with Gasteiger partial charge in [-0.1, -0.05) is 36.3 Å². The van der Waals surface area contributed by atoms with Gasteiger partial charge in [0.15, 0.2) is 5.96 Å². The molecule has 0 aromatic heterocycles. The first-order valence-electron chi connectivity index (χ1n) is 8.02. The monoisotopic (exact) mass is 337 g/mol. The molecule has 0 aliphatic heterocycles. The summed E-state index contributed by atoms with van der Waals surface area (Å²) in [6.45, 7) is 1.39. The van der Waals surface area contributed by atoms with Crippen LogP contribution in [0.5, 0.6) is 5.75 Å². The second-order valence-electron chi connectivity index (χ2n) is 5.37. The highest BCUT2D eigenvalue weighted by molar-refractivity contribution is 5.92. The summed E-state index contributed by atoms with van der Waals surface area (Å²) in [5.74, 6) is 3.59. The third-order valence-corrected chi connectivity index (χ3v) is 3.51. The quantitative estimate of drug-likeness (QED) is 0.441. The summed E-state index contributed by atoms with van der Waals surface area (Å²) in [7, 11) is 1.66. The molecule has 2 aromatic rings. The van der Waals surface area contributed by atoms with Crippen LogP contribution in [0.4, 0.5) is 5.69 Å². The maximum atomic E-state index is 5.97. The second-order valence-corrected chi connectivity index (χ2v) is 5.37. The normalized spacial score (nSPS) is 11.0. The molecule has 0 saturated heterocycles. The highest BCUT2D eigenvalue weighted by Gasteiger charge is 2.02. The molecule has 130 valence electrons. The van der Waals surface area contributed by atoms with Crippen LogP contribution in [-0.2, 0) is 17.8 Å². The van der Waals surface area contributed by atoms with E-state index in [1.165, 1.54) is 0 Å². The lowest BCUT2D eigenvalue weighted by Crippen LogP contribution is -2.23. The number of ether oxygens (including phenoxy) is 2. The Kier molecular flexibility index (Phi) is 7.36. The van der Waals surface area contributed by atoms with E-state index < -0.39 is 0 Å². The first-order chi connectivity index (χ1) is 12.2. The molecule has 0 bridgehead atoms. The fourth-order valence-electron chi connectivity index (χ4n) is 2.28. The third-order valence-electron chi connectivity index (χ3n) is 3.51. The van der Waals surface area contributed by atoms with E-state index in [2.05, 4.69) is 16.2 Å². The molecule has 5 heteroatoms. The van der Waals surface area contributed by atoms with Crippen molar-refractivity contribution in [3.05, 3.63) is 59.7 Å². The second kappa shape index (κ2) is 10.0. The number of terminal acetylenes is 1. The molecular weight excluding hydrogens is 314 g/mol. The average Bonchev–Trinajstić information content (AvgIpc) is 2.63. The Bertz CT molecular complexity index is 733. The summed E-state index contributed by atoms with van der Waals surface area (Å²) >= 11 is 0. The van der Waals surface area contributed by atoms with Crippen LogP contribution < -0.4 is 15.8 Å². The molecule has 0 heterocycles. The largest absolute Gasteiger partial charge is 0.481 e. The number of hydrogen-bond acceptors (Lipinski definition) is 3. The van der Waals surface area contributed by atoms with E-state index in [9.17, 15) is 0 Å². The number of methoxy groups -OCH3 is 1. The van der Waals surface area contributed by atoms with Crippen molar-refractivity contribution in [3.63, 3.8) is 0 Å². The zero-order chi connectivity index (χ0) is 17.9. The van der Waals surface area contributed by atoms with Gasteiger partial charge in [0.05, 0.1) is 6.61 Å². The number of para-hydroxylation sites is 1. The van der Waals surface area contributed by atoms with Gasteiger partial charge in [-0.2, -0.15) is 0 Å². The minimum atomic E-state index is 0.274. The lowest BCUT2D eigenvalue weighted by Gasteiger charge is -2.10. The van der Waals surface area contributed by atoms with Gasteiger partial charge in [-0.25, -0.2) is 0 Å². The smallest absolute Gasteiger partial charge is 0.193 e. The van der Waals surface area contributed by atoms with Crippen LogP contribution in [0.3, 0.4) is 0 Å². The summed E-state index contributed by atoms with van der Waals surface area (Å²) in [5, 5.41) is 3.12. The lowest BCUT2D eigenvalue weighted by molar-refractivity contribution is 0.185. The van der Waals surface area contributed by atoms with E-state index in [1.54, 1.807) is 7.11 Å². The number of rotatable bonds is 8. The number of guanidine groups is 1. The molecule has 0 aliphatic rings. The van der Waals surface area contributed by atoms with E-state index >= 15 is 0 Å². The highest BCUT2D eigenvalue weighted by Crippen LogP contribution is 2.15. The minimum absolute atomic E-state index is 0.274. The van der Waals surface area contributed by atoms with Crippen molar-refractivity contribution >= 4 is 11.6 Å². The van der Waals surface area contributed by atoms with Gasteiger partial charge in [-0.05, 0) is 30.2 Å². The molecule has 0 aliphatic carbocycles. The van der Waals surface area contributed by atoms with E-state index in [-0.39, 0.29) is 6.61 Å². The summed E-state index contributed by atoms with van der Waals surface area (Å²) in [6.07, 6.45) is 5.96. The Morgan fingerprint density at radius 2 is 1.96 bits per heavy atom. The van der Waals surface area contributed by atoms with Crippen LogP contribution >= 0.6 is 0 Å². The summed E-state index contributed by atoms with van der Waals surface area (Å²) < 4.78 is 10.5. The van der Waals surface area contributed by atoms with Crippen molar-refractivity contribution in [1.82, 2.24) is 0 Å². The third kappa shape index (κ3) is 6.21. The van der Waals surface area contributed by atoms with Gasteiger partial charge in [-0.15, -0.1) is 6.42 Å². The standard InChI is InChI=1S/C20H23N3O2/c1-3-14-25-18-10-8-16(9-11-18)12-13-22-20(21)23-19-7-5-4-6-17(19)15-24-2/h1,4-11H,12-15H2,2H3,(H3,21,22,23). The molecule has 5 nitrogen and oxygen atoms in total. The number of hydrogen-bond donors (Lipinski definition) is 2. The molecule has 0 amide bonds. The number of nitrogens with two attached hydrogens (primary N) is 1. The first-order valence-corrected chi connectivity index (χ1v) is 8.02. The molecule has 0 radical (unpaired) electrons. The lowest BCUT2D eigenvalue weighted by atomic mass is 10.1. The van der Waals surface area contributed by atoms with Crippen molar-refractivity contribution in [1.29, 1.82) is 0 Å². The Hall–Kier alpha value is -2.97. The van der Waals surface area contributed by atoms with Gasteiger partial charge < -0.3 is 20.5 Å². The SMILES string of the molecule is C#CCOc1ccc(CCN=C(N)Nc2ccccc2COC)cc1. The summed E-state index contributed by atoms with van der Waals surface area (Å²) in [6, 6.07) is 15.6. The molecule has 2 aromatic carbocycles. The minimum Gasteiger partial charge on any atom is -0.481 e. The Morgan fingerprint density at radius 1 is 1.20 bits per heavy atom. The van der Waals surface area contributed by atoms with Gasteiger partial charge >= 0.3 is 0 Å². The molecule has 0 atom stereocenters. The van der Waals surface area contributed by atoms with E-state index in [4.69, 9.17) is 21.6 Å². The number of benzene rings is 2. The zero-order valence-electron chi connectivity index (χ0n) is 14.4. The van der Waals surface area contributed by atoms with E-state index in [0.717, 1.165) is 29.0 Å². The van der Waals surface area contributed by atoms with Crippen molar-refractivity contribution in [2.45, 2.75) is 13.0 Å². The highest BCUT2D eigenvalue weighted by atomic mass is 16.5. The fraction of sp³-hybridized carbons (Fsp3) is 0.250. The van der Waals surface area contributed by atoms with Crippen LogP contribution in [0, 0.1) is 12.3 Å². The molecule has 3 N–H and O–H groups in total. The van der Waals surface area contributed by atoms with Gasteiger partial charge in [0.25, 0.3) is 0 Å². The maximum absolute atomic E-state index is 5.97. The molecule has 0 spiro atoms. The Labute approximate surface area is 148 Å². The van der Waals surface area contributed by atoms with Crippen molar-refractivity contribution in [2.24, 2.45) is 10.7 Å². The van der Waals surface area contributed by atoms with Crippen LogP contribution in [-0.4, -0.2) is 26.2 Å². The van der Waals surface area contributed by atoms with Gasteiger partial charge in [0.1, 0.15) is 12.4 Å². The zero-order valence-corrected chi connectivity index (χ0v) is 14.4. The number of nitrogens with zero attached hydrogens (tertiary/aromatic N) is 1. The molecule has 0 unspecified atom stereocenters. The first kappa shape index (κ1) is 18.4. The average molecular weight is 337 g/mol. The molecule has 25 heavy (non-hydrogen) atoms.